The molecule has 3 aromatic heterocycles. The van der Waals surface area contributed by atoms with Crippen molar-refractivity contribution in [2.75, 3.05) is 31.3 Å². The number of fused-ring (bicyclic) bond motifs is 3. The molecule has 0 aliphatic carbocycles. The van der Waals surface area contributed by atoms with Gasteiger partial charge in [0.05, 0.1) is 36.3 Å². The predicted octanol–water partition coefficient (Wildman–Crippen LogP) is 3.04. The molecular weight excluding hydrogens is 428 g/mol. The molecular formula is C23H24N4O4S. The Hall–Kier alpha value is -3.01. The first-order chi connectivity index (χ1) is 15.4. The standard InChI is InChI=1S/C23H24N4O4S/c1-16-3-5-18(6-4-16)32(28,29)31-15-17-14-30-12-11-27(17)22-8-7-19-20-13-24-10-9-21(20)26(2)23(19)25-22/h3-10,13,17H,11-12,14-15H2,1-2H3/t17-/m1/s1. The van der Waals surface area contributed by atoms with Gasteiger partial charge in [-0.15, -0.1) is 0 Å². The number of aromatic nitrogens is 3. The fourth-order valence-electron chi connectivity index (χ4n) is 4.10. The molecule has 4 aromatic rings. The van der Waals surface area contributed by atoms with E-state index in [-0.39, 0.29) is 17.5 Å². The average Bonchev–Trinajstić information content (AvgIpc) is 3.10. The van der Waals surface area contributed by atoms with Gasteiger partial charge >= 0.3 is 0 Å². The highest BCUT2D eigenvalue weighted by Crippen LogP contribution is 2.29. The molecule has 1 aliphatic heterocycles. The van der Waals surface area contributed by atoms with Crippen molar-refractivity contribution >= 4 is 37.9 Å². The average molecular weight is 453 g/mol. The fourth-order valence-corrected chi connectivity index (χ4v) is 5.04. The van der Waals surface area contributed by atoms with Gasteiger partial charge in [0.1, 0.15) is 11.5 Å². The summed E-state index contributed by atoms with van der Waals surface area (Å²) in [6.07, 6.45) is 3.62. The van der Waals surface area contributed by atoms with Crippen LogP contribution in [0.4, 0.5) is 5.82 Å². The molecule has 1 aromatic carbocycles. The number of aryl methyl sites for hydroxylation is 2. The number of benzene rings is 1. The number of ether oxygens (including phenoxy) is 1. The van der Waals surface area contributed by atoms with Crippen molar-refractivity contribution < 1.29 is 17.3 Å². The molecule has 0 unspecified atom stereocenters. The Morgan fingerprint density at radius 2 is 1.94 bits per heavy atom. The number of morpholine rings is 1. The van der Waals surface area contributed by atoms with E-state index in [4.69, 9.17) is 13.9 Å². The molecule has 1 saturated heterocycles. The molecule has 1 atom stereocenters. The van der Waals surface area contributed by atoms with Gasteiger partial charge in [0.2, 0.25) is 0 Å². The van der Waals surface area contributed by atoms with Crippen LogP contribution >= 0.6 is 0 Å². The Morgan fingerprint density at radius 3 is 2.75 bits per heavy atom. The van der Waals surface area contributed by atoms with Crippen LogP contribution in [0.15, 0.2) is 59.8 Å². The van der Waals surface area contributed by atoms with Crippen molar-refractivity contribution in [2.24, 2.45) is 7.05 Å². The minimum atomic E-state index is -3.85. The van der Waals surface area contributed by atoms with Crippen molar-refractivity contribution in [1.82, 2.24) is 14.5 Å². The zero-order chi connectivity index (χ0) is 22.3. The summed E-state index contributed by atoms with van der Waals surface area (Å²) in [7, 11) is -1.87. The lowest BCUT2D eigenvalue weighted by Gasteiger charge is -2.36. The molecule has 5 rings (SSSR count). The predicted molar refractivity (Wildman–Crippen MR) is 122 cm³/mol. The maximum atomic E-state index is 12.6. The highest BCUT2D eigenvalue weighted by Gasteiger charge is 2.28. The van der Waals surface area contributed by atoms with E-state index in [1.54, 1.807) is 30.5 Å². The van der Waals surface area contributed by atoms with Crippen molar-refractivity contribution in [1.29, 1.82) is 0 Å². The second kappa shape index (κ2) is 8.16. The van der Waals surface area contributed by atoms with Crippen LogP contribution in [0.2, 0.25) is 0 Å². The third-order valence-electron chi connectivity index (χ3n) is 5.87. The summed E-state index contributed by atoms with van der Waals surface area (Å²) in [5, 5.41) is 2.08. The zero-order valence-electron chi connectivity index (χ0n) is 17.9. The summed E-state index contributed by atoms with van der Waals surface area (Å²) < 4.78 is 38.4. The van der Waals surface area contributed by atoms with E-state index in [2.05, 4.69) is 9.88 Å². The van der Waals surface area contributed by atoms with Crippen LogP contribution in [-0.2, 0) is 26.1 Å². The second-order valence-electron chi connectivity index (χ2n) is 7.97. The lowest BCUT2D eigenvalue weighted by atomic mass is 10.2. The summed E-state index contributed by atoms with van der Waals surface area (Å²) in [6, 6.07) is 12.3. The largest absolute Gasteiger partial charge is 0.377 e. The van der Waals surface area contributed by atoms with Gasteiger partial charge in [-0.1, -0.05) is 17.7 Å². The number of nitrogens with zero attached hydrogens (tertiary/aromatic N) is 4. The molecule has 0 bridgehead atoms. The van der Waals surface area contributed by atoms with E-state index in [0.717, 1.165) is 33.3 Å². The molecule has 1 fully saturated rings. The summed E-state index contributed by atoms with van der Waals surface area (Å²) in [6.45, 7) is 3.39. The van der Waals surface area contributed by atoms with Gasteiger partial charge < -0.3 is 14.2 Å². The van der Waals surface area contributed by atoms with E-state index in [9.17, 15) is 8.42 Å². The maximum Gasteiger partial charge on any atom is 0.297 e. The van der Waals surface area contributed by atoms with Crippen LogP contribution in [0, 0.1) is 6.92 Å². The van der Waals surface area contributed by atoms with E-state index in [0.29, 0.717) is 19.8 Å². The quantitative estimate of drug-likeness (QED) is 0.430. The van der Waals surface area contributed by atoms with E-state index >= 15 is 0 Å². The van der Waals surface area contributed by atoms with Crippen LogP contribution in [-0.4, -0.2) is 55.4 Å². The highest BCUT2D eigenvalue weighted by molar-refractivity contribution is 7.86. The smallest absolute Gasteiger partial charge is 0.297 e. The van der Waals surface area contributed by atoms with Gasteiger partial charge in [0.25, 0.3) is 10.1 Å². The molecule has 166 valence electrons. The van der Waals surface area contributed by atoms with Gasteiger partial charge in [0.15, 0.2) is 0 Å². The number of anilines is 1. The van der Waals surface area contributed by atoms with Gasteiger partial charge in [-0.3, -0.25) is 9.17 Å². The van der Waals surface area contributed by atoms with E-state index in [1.807, 2.05) is 42.9 Å². The SMILES string of the molecule is Cc1ccc(S(=O)(=O)OC[C@H]2COCCN2c2ccc3c4cnccc4n(C)c3n2)cc1. The first kappa shape index (κ1) is 20.9. The maximum absolute atomic E-state index is 12.6. The summed E-state index contributed by atoms with van der Waals surface area (Å²) >= 11 is 0. The molecule has 0 spiro atoms. The Bertz CT molecular complexity index is 1380. The van der Waals surface area contributed by atoms with Gasteiger partial charge in [0, 0.05) is 36.8 Å². The molecule has 0 radical (unpaired) electrons. The van der Waals surface area contributed by atoms with Crippen LogP contribution in [0.3, 0.4) is 0 Å². The first-order valence-corrected chi connectivity index (χ1v) is 11.8. The van der Waals surface area contributed by atoms with Crippen LogP contribution in [0.25, 0.3) is 21.9 Å². The summed E-state index contributed by atoms with van der Waals surface area (Å²) in [5.41, 5.74) is 2.90. The van der Waals surface area contributed by atoms with Gasteiger partial charge in [-0.05, 0) is 37.3 Å². The number of hydrogen-bond acceptors (Lipinski definition) is 7. The molecule has 0 saturated carbocycles. The minimum Gasteiger partial charge on any atom is -0.377 e. The molecule has 8 nitrogen and oxygen atoms in total. The number of rotatable bonds is 5. The fraction of sp³-hybridized carbons (Fsp3) is 0.304. The normalized spacial score (nSPS) is 17.3. The number of hydrogen-bond donors (Lipinski definition) is 0. The van der Waals surface area contributed by atoms with Crippen LogP contribution in [0.1, 0.15) is 5.56 Å². The molecule has 0 N–H and O–H groups in total. The first-order valence-electron chi connectivity index (χ1n) is 10.4. The molecule has 1 aliphatic rings. The molecule has 0 amide bonds. The third kappa shape index (κ3) is 3.72. The Kier molecular flexibility index (Phi) is 5.32. The monoisotopic (exact) mass is 452 g/mol. The van der Waals surface area contributed by atoms with E-state index in [1.165, 1.54) is 0 Å². The van der Waals surface area contributed by atoms with Crippen LogP contribution in [0.5, 0.6) is 0 Å². The van der Waals surface area contributed by atoms with E-state index < -0.39 is 10.1 Å². The Morgan fingerprint density at radius 1 is 1.12 bits per heavy atom. The van der Waals surface area contributed by atoms with Gasteiger partial charge in [-0.25, -0.2) is 4.98 Å². The zero-order valence-corrected chi connectivity index (χ0v) is 18.7. The molecule has 32 heavy (non-hydrogen) atoms. The van der Waals surface area contributed by atoms with Crippen molar-refractivity contribution in [3.8, 4) is 0 Å². The lowest BCUT2D eigenvalue weighted by Crippen LogP contribution is -2.48. The second-order valence-corrected chi connectivity index (χ2v) is 9.58. The van der Waals surface area contributed by atoms with Crippen molar-refractivity contribution in [3.05, 3.63) is 60.4 Å². The van der Waals surface area contributed by atoms with Gasteiger partial charge in [-0.2, -0.15) is 8.42 Å². The molecule has 4 heterocycles. The van der Waals surface area contributed by atoms with Crippen LogP contribution < -0.4 is 4.90 Å². The Balaban J connectivity index is 1.42. The highest BCUT2D eigenvalue weighted by atomic mass is 32.2. The third-order valence-corrected chi connectivity index (χ3v) is 7.17. The topological polar surface area (TPSA) is 86.6 Å². The summed E-state index contributed by atoms with van der Waals surface area (Å²) in [4.78, 5) is 11.3. The van der Waals surface area contributed by atoms with Crippen molar-refractivity contribution in [2.45, 2.75) is 17.9 Å². The van der Waals surface area contributed by atoms with Crippen molar-refractivity contribution in [3.63, 3.8) is 0 Å². The molecule has 9 heteroatoms. The number of pyridine rings is 2. The lowest BCUT2D eigenvalue weighted by molar-refractivity contribution is 0.0776. The Labute approximate surface area is 186 Å². The summed E-state index contributed by atoms with van der Waals surface area (Å²) in [5.74, 6) is 0.765. The minimum absolute atomic E-state index is 0.0189.